The smallest absolute Gasteiger partial charge is 0.230 e. The Bertz CT molecular complexity index is 685. The minimum absolute atomic E-state index is 0. The number of benzene rings is 2. The molecule has 0 saturated carbocycles. The third-order valence-corrected chi connectivity index (χ3v) is 4.75. The van der Waals surface area contributed by atoms with Crippen LogP contribution in [-0.4, -0.2) is 19.0 Å². The molecule has 1 aliphatic heterocycles. The zero-order valence-corrected chi connectivity index (χ0v) is 15.0. The normalized spacial score (nSPS) is 16.7. The van der Waals surface area contributed by atoms with Crippen LogP contribution >= 0.6 is 12.4 Å². The molecule has 0 aliphatic carbocycles. The summed E-state index contributed by atoms with van der Waals surface area (Å²) in [5, 5.41) is 6.64. The first-order chi connectivity index (χ1) is 11.1. The second-order valence-electron chi connectivity index (χ2n) is 6.66. The van der Waals surface area contributed by atoms with Crippen LogP contribution in [0.5, 0.6) is 0 Å². The second-order valence-corrected chi connectivity index (χ2v) is 6.66. The number of amides is 1. The van der Waals surface area contributed by atoms with E-state index in [9.17, 15) is 4.79 Å². The van der Waals surface area contributed by atoms with Gasteiger partial charge >= 0.3 is 0 Å². The molecule has 1 heterocycles. The van der Waals surface area contributed by atoms with Crippen LogP contribution in [0.25, 0.3) is 0 Å². The van der Waals surface area contributed by atoms with E-state index in [4.69, 9.17) is 0 Å². The summed E-state index contributed by atoms with van der Waals surface area (Å²) in [6, 6.07) is 18.6. The highest BCUT2D eigenvalue weighted by atomic mass is 35.5. The summed E-state index contributed by atoms with van der Waals surface area (Å²) < 4.78 is 0. The van der Waals surface area contributed by atoms with Gasteiger partial charge < -0.3 is 10.6 Å². The number of fused-ring (bicyclic) bond motifs is 1. The molecule has 2 N–H and O–H groups in total. The van der Waals surface area contributed by atoms with Crippen molar-refractivity contribution in [2.24, 2.45) is 0 Å². The van der Waals surface area contributed by atoms with Gasteiger partial charge in [0.05, 0.1) is 5.41 Å². The topological polar surface area (TPSA) is 41.1 Å². The summed E-state index contributed by atoms with van der Waals surface area (Å²) in [6.07, 6.45) is 1.05. The monoisotopic (exact) mass is 344 g/mol. The minimum Gasteiger partial charge on any atom is -0.353 e. The van der Waals surface area contributed by atoms with Gasteiger partial charge in [0.1, 0.15) is 0 Å². The maximum absolute atomic E-state index is 12.7. The zero-order chi connectivity index (χ0) is 16.3. The number of nitrogens with one attached hydrogen (secondary N) is 2. The van der Waals surface area contributed by atoms with Crippen LogP contribution in [0.1, 0.15) is 36.6 Å². The van der Waals surface area contributed by atoms with Crippen molar-refractivity contribution >= 4 is 18.3 Å². The summed E-state index contributed by atoms with van der Waals surface area (Å²) in [5.41, 5.74) is 3.19. The standard InChI is InChI=1S/C20H24N2O.ClH/c1-20(2,16-9-4-3-5-10-16)19(23)22-14-18-17-11-7-6-8-15(17)12-13-21-18;/h3-11,18,21H,12-14H2,1-2H3,(H,22,23);1H. The fourth-order valence-electron chi connectivity index (χ4n) is 3.18. The van der Waals surface area contributed by atoms with E-state index in [1.807, 2.05) is 44.2 Å². The average molecular weight is 345 g/mol. The maximum Gasteiger partial charge on any atom is 0.230 e. The van der Waals surface area contributed by atoms with E-state index in [-0.39, 0.29) is 24.4 Å². The Kier molecular flexibility index (Phi) is 6.03. The van der Waals surface area contributed by atoms with Crippen molar-refractivity contribution in [2.75, 3.05) is 13.1 Å². The summed E-state index contributed by atoms with van der Waals surface area (Å²) >= 11 is 0. The fraction of sp³-hybridized carbons (Fsp3) is 0.350. The lowest BCUT2D eigenvalue weighted by Gasteiger charge is -2.29. The molecule has 3 rings (SSSR count). The van der Waals surface area contributed by atoms with Crippen molar-refractivity contribution in [1.82, 2.24) is 10.6 Å². The lowest BCUT2D eigenvalue weighted by atomic mass is 9.83. The third-order valence-electron chi connectivity index (χ3n) is 4.75. The molecule has 0 saturated heterocycles. The van der Waals surface area contributed by atoms with E-state index < -0.39 is 5.41 Å². The molecular formula is C20H25ClN2O. The summed E-state index contributed by atoms with van der Waals surface area (Å²) in [4.78, 5) is 12.7. The summed E-state index contributed by atoms with van der Waals surface area (Å²) in [7, 11) is 0. The van der Waals surface area contributed by atoms with E-state index in [0.717, 1.165) is 18.5 Å². The molecule has 24 heavy (non-hydrogen) atoms. The van der Waals surface area contributed by atoms with Crippen LogP contribution in [0.4, 0.5) is 0 Å². The molecule has 0 fully saturated rings. The van der Waals surface area contributed by atoms with Crippen LogP contribution in [0.3, 0.4) is 0 Å². The highest BCUT2D eigenvalue weighted by Gasteiger charge is 2.30. The molecule has 2 aromatic rings. The molecule has 0 spiro atoms. The van der Waals surface area contributed by atoms with E-state index in [0.29, 0.717) is 6.54 Å². The molecule has 0 bridgehead atoms. The van der Waals surface area contributed by atoms with Crippen LogP contribution in [0.15, 0.2) is 54.6 Å². The molecule has 1 unspecified atom stereocenters. The quantitative estimate of drug-likeness (QED) is 0.892. The van der Waals surface area contributed by atoms with Crippen molar-refractivity contribution in [3.05, 3.63) is 71.3 Å². The van der Waals surface area contributed by atoms with Gasteiger partial charge in [-0.1, -0.05) is 54.6 Å². The van der Waals surface area contributed by atoms with Crippen LogP contribution in [0.2, 0.25) is 0 Å². The minimum atomic E-state index is -0.532. The molecule has 2 aromatic carbocycles. The molecule has 3 nitrogen and oxygen atoms in total. The Morgan fingerprint density at radius 2 is 1.79 bits per heavy atom. The van der Waals surface area contributed by atoms with Gasteiger partial charge in [-0.15, -0.1) is 12.4 Å². The Morgan fingerprint density at radius 1 is 1.12 bits per heavy atom. The first kappa shape index (κ1) is 18.5. The van der Waals surface area contributed by atoms with Crippen LogP contribution < -0.4 is 10.6 Å². The van der Waals surface area contributed by atoms with Crippen molar-refractivity contribution in [3.63, 3.8) is 0 Å². The summed E-state index contributed by atoms with van der Waals surface area (Å²) in [5.74, 6) is 0.0635. The van der Waals surface area contributed by atoms with Gasteiger partial charge in [-0.3, -0.25) is 4.79 Å². The molecule has 1 atom stereocenters. The third kappa shape index (κ3) is 3.80. The number of rotatable bonds is 4. The van der Waals surface area contributed by atoms with Crippen LogP contribution in [0, 0.1) is 0 Å². The summed E-state index contributed by atoms with van der Waals surface area (Å²) in [6.45, 7) is 5.52. The van der Waals surface area contributed by atoms with Gasteiger partial charge in [-0.25, -0.2) is 0 Å². The van der Waals surface area contributed by atoms with E-state index in [1.165, 1.54) is 11.1 Å². The predicted molar refractivity (Wildman–Crippen MR) is 101 cm³/mol. The molecule has 1 amide bonds. The van der Waals surface area contributed by atoms with Crippen molar-refractivity contribution < 1.29 is 4.79 Å². The van der Waals surface area contributed by atoms with Gasteiger partial charge in [-0.2, -0.15) is 0 Å². The zero-order valence-electron chi connectivity index (χ0n) is 14.2. The average Bonchev–Trinajstić information content (AvgIpc) is 2.60. The Morgan fingerprint density at radius 3 is 2.54 bits per heavy atom. The van der Waals surface area contributed by atoms with E-state index in [2.05, 4.69) is 34.9 Å². The van der Waals surface area contributed by atoms with Gasteiger partial charge in [0.2, 0.25) is 5.91 Å². The lowest BCUT2D eigenvalue weighted by molar-refractivity contribution is -0.125. The van der Waals surface area contributed by atoms with Crippen molar-refractivity contribution in [1.29, 1.82) is 0 Å². The number of hydrogen-bond acceptors (Lipinski definition) is 2. The van der Waals surface area contributed by atoms with Crippen molar-refractivity contribution in [3.8, 4) is 0 Å². The van der Waals surface area contributed by atoms with Gasteiger partial charge in [0.25, 0.3) is 0 Å². The maximum atomic E-state index is 12.7. The number of carbonyl (C=O) groups excluding carboxylic acids is 1. The first-order valence-corrected chi connectivity index (χ1v) is 8.24. The second kappa shape index (κ2) is 7.82. The molecule has 1 aliphatic rings. The number of halogens is 1. The lowest BCUT2D eigenvalue weighted by Crippen LogP contribution is -2.45. The predicted octanol–water partition coefficient (Wildman–Crippen LogP) is 3.39. The van der Waals surface area contributed by atoms with Gasteiger partial charge in [0, 0.05) is 12.6 Å². The first-order valence-electron chi connectivity index (χ1n) is 8.24. The van der Waals surface area contributed by atoms with Crippen molar-refractivity contribution in [2.45, 2.75) is 31.7 Å². The highest BCUT2D eigenvalue weighted by molar-refractivity contribution is 5.87. The molecular weight excluding hydrogens is 320 g/mol. The largest absolute Gasteiger partial charge is 0.353 e. The SMILES string of the molecule is CC(C)(C(=O)NCC1NCCc2ccccc21)c1ccccc1.Cl. The van der Waals surface area contributed by atoms with Crippen LogP contribution in [-0.2, 0) is 16.6 Å². The Hall–Kier alpha value is -1.84. The van der Waals surface area contributed by atoms with Gasteiger partial charge in [-0.05, 0) is 43.5 Å². The van der Waals surface area contributed by atoms with Gasteiger partial charge in [0.15, 0.2) is 0 Å². The number of carbonyl (C=O) groups is 1. The highest BCUT2D eigenvalue weighted by Crippen LogP contribution is 2.25. The molecule has 4 heteroatoms. The molecule has 128 valence electrons. The molecule has 0 radical (unpaired) electrons. The fourth-order valence-corrected chi connectivity index (χ4v) is 3.18. The van der Waals surface area contributed by atoms with E-state index >= 15 is 0 Å². The number of hydrogen-bond donors (Lipinski definition) is 2. The Balaban J connectivity index is 0.00000208. The Labute approximate surface area is 150 Å². The van der Waals surface area contributed by atoms with E-state index in [1.54, 1.807) is 0 Å². The molecule has 0 aromatic heterocycles.